The lowest BCUT2D eigenvalue weighted by Gasteiger charge is -2.32. The maximum atomic E-state index is 12.4. The van der Waals surface area contributed by atoms with Gasteiger partial charge in [0.15, 0.2) is 5.69 Å². The van der Waals surface area contributed by atoms with E-state index in [1.165, 1.54) is 0 Å². The van der Waals surface area contributed by atoms with Crippen LogP contribution in [0.4, 0.5) is 19.0 Å². The molecule has 3 atom stereocenters. The van der Waals surface area contributed by atoms with Gasteiger partial charge in [-0.25, -0.2) is 4.98 Å². The zero-order valence-corrected chi connectivity index (χ0v) is 9.63. The fourth-order valence-electron chi connectivity index (χ4n) is 1.67. The van der Waals surface area contributed by atoms with Crippen LogP contribution in [0, 0.1) is 0 Å². The molecule has 1 aliphatic rings. The van der Waals surface area contributed by atoms with Gasteiger partial charge in [0.2, 0.25) is 0 Å². The van der Waals surface area contributed by atoms with Crippen molar-refractivity contribution in [2.24, 2.45) is 0 Å². The van der Waals surface area contributed by atoms with Crippen LogP contribution in [-0.4, -0.2) is 51.6 Å². The summed E-state index contributed by atoms with van der Waals surface area (Å²) >= 11 is 0. The Bertz CT molecular complexity index is 444. The van der Waals surface area contributed by atoms with Crippen LogP contribution in [0.3, 0.4) is 0 Å². The molecule has 0 aromatic carbocycles. The first kappa shape index (κ1) is 14.0. The van der Waals surface area contributed by atoms with Gasteiger partial charge in [0.05, 0.1) is 31.6 Å². The lowest BCUT2D eigenvalue weighted by Crippen LogP contribution is -2.51. The number of aliphatic hydroxyl groups is 2. The van der Waals surface area contributed by atoms with E-state index < -0.39 is 30.1 Å². The Kier molecular flexibility index (Phi) is 3.88. The van der Waals surface area contributed by atoms with Crippen molar-refractivity contribution in [2.75, 3.05) is 18.5 Å². The van der Waals surface area contributed by atoms with Gasteiger partial charge >= 0.3 is 6.18 Å². The highest BCUT2D eigenvalue weighted by Crippen LogP contribution is 2.27. The summed E-state index contributed by atoms with van der Waals surface area (Å²) in [6.07, 6.45) is -5.13. The molecule has 9 heteroatoms. The second kappa shape index (κ2) is 5.27. The molecule has 1 saturated heterocycles. The lowest BCUT2D eigenvalue weighted by molar-refractivity contribution is -0.141. The summed E-state index contributed by atoms with van der Waals surface area (Å²) in [6, 6.07) is -0.749. The van der Waals surface area contributed by atoms with Crippen molar-refractivity contribution >= 4 is 5.82 Å². The Morgan fingerprint density at radius 3 is 2.68 bits per heavy atom. The van der Waals surface area contributed by atoms with Crippen LogP contribution < -0.4 is 5.32 Å². The number of aliphatic hydroxyl groups excluding tert-OH is 2. The van der Waals surface area contributed by atoms with Gasteiger partial charge in [0.25, 0.3) is 0 Å². The van der Waals surface area contributed by atoms with Crippen LogP contribution in [0.25, 0.3) is 0 Å². The molecule has 19 heavy (non-hydrogen) atoms. The maximum absolute atomic E-state index is 12.4. The van der Waals surface area contributed by atoms with Crippen molar-refractivity contribution in [3.63, 3.8) is 0 Å². The van der Waals surface area contributed by atoms with E-state index >= 15 is 0 Å². The molecule has 1 aromatic heterocycles. The van der Waals surface area contributed by atoms with Gasteiger partial charge in [-0.2, -0.15) is 13.2 Å². The molecule has 0 aliphatic carbocycles. The number of halogens is 3. The maximum Gasteiger partial charge on any atom is 0.434 e. The van der Waals surface area contributed by atoms with Crippen LogP contribution in [0.15, 0.2) is 12.4 Å². The van der Waals surface area contributed by atoms with E-state index in [-0.39, 0.29) is 19.0 Å². The molecular formula is C10H12F3N3O3. The highest BCUT2D eigenvalue weighted by atomic mass is 19.4. The molecule has 1 aromatic rings. The van der Waals surface area contributed by atoms with Crippen molar-refractivity contribution in [3.8, 4) is 0 Å². The first-order chi connectivity index (χ1) is 8.88. The molecule has 0 saturated carbocycles. The average molecular weight is 279 g/mol. The molecule has 0 amide bonds. The molecule has 3 unspecified atom stereocenters. The van der Waals surface area contributed by atoms with Crippen molar-refractivity contribution < 1.29 is 28.1 Å². The second-order valence-electron chi connectivity index (χ2n) is 4.13. The quantitative estimate of drug-likeness (QED) is 0.708. The van der Waals surface area contributed by atoms with Gasteiger partial charge < -0.3 is 20.3 Å². The van der Waals surface area contributed by atoms with Gasteiger partial charge in [-0.1, -0.05) is 0 Å². The molecule has 0 bridgehead atoms. The molecule has 6 nitrogen and oxygen atoms in total. The van der Waals surface area contributed by atoms with E-state index in [1.807, 2.05) is 0 Å². The van der Waals surface area contributed by atoms with E-state index in [4.69, 9.17) is 4.74 Å². The van der Waals surface area contributed by atoms with E-state index in [0.717, 1.165) is 6.20 Å². The summed E-state index contributed by atoms with van der Waals surface area (Å²) in [7, 11) is 0. The summed E-state index contributed by atoms with van der Waals surface area (Å²) in [4.78, 5) is 6.78. The summed E-state index contributed by atoms with van der Waals surface area (Å²) in [5.41, 5.74) is -1.13. The molecule has 1 fully saturated rings. The van der Waals surface area contributed by atoms with Crippen molar-refractivity contribution in [3.05, 3.63) is 18.1 Å². The Hall–Kier alpha value is -1.45. The monoisotopic (exact) mass is 279 g/mol. The van der Waals surface area contributed by atoms with Crippen LogP contribution in [-0.2, 0) is 10.9 Å². The number of rotatable bonds is 2. The van der Waals surface area contributed by atoms with E-state index in [0.29, 0.717) is 6.20 Å². The average Bonchev–Trinajstić information content (AvgIpc) is 2.34. The van der Waals surface area contributed by atoms with Gasteiger partial charge in [-0.15, -0.1) is 0 Å². The number of hydrogen-bond donors (Lipinski definition) is 3. The molecule has 1 aliphatic heterocycles. The highest BCUT2D eigenvalue weighted by Gasteiger charge is 2.34. The third kappa shape index (κ3) is 3.31. The number of nitrogens with one attached hydrogen (secondary N) is 1. The fraction of sp³-hybridized carbons (Fsp3) is 0.600. The second-order valence-corrected chi connectivity index (χ2v) is 4.13. The predicted molar refractivity (Wildman–Crippen MR) is 57.3 cm³/mol. The Balaban J connectivity index is 2.11. The molecule has 2 rings (SSSR count). The van der Waals surface area contributed by atoms with Crippen LogP contribution in [0.2, 0.25) is 0 Å². The summed E-state index contributed by atoms with van der Waals surface area (Å²) in [5.74, 6) is -0.142. The van der Waals surface area contributed by atoms with Crippen LogP contribution in [0.1, 0.15) is 5.69 Å². The van der Waals surface area contributed by atoms with Crippen molar-refractivity contribution in [1.82, 2.24) is 9.97 Å². The van der Waals surface area contributed by atoms with Gasteiger partial charge in [-0.3, -0.25) is 4.98 Å². The zero-order chi connectivity index (χ0) is 14.0. The molecule has 3 N–H and O–H groups in total. The van der Waals surface area contributed by atoms with Crippen molar-refractivity contribution in [2.45, 2.75) is 24.4 Å². The smallest absolute Gasteiger partial charge is 0.388 e. The summed E-state index contributed by atoms with van der Waals surface area (Å²) < 4.78 is 42.3. The molecule has 106 valence electrons. The largest absolute Gasteiger partial charge is 0.434 e. The first-order valence-corrected chi connectivity index (χ1v) is 5.47. The van der Waals surface area contributed by atoms with Gasteiger partial charge in [0.1, 0.15) is 18.0 Å². The predicted octanol–water partition coefficient (Wildman–Crippen LogP) is 0.0279. The summed E-state index contributed by atoms with van der Waals surface area (Å²) in [6.45, 7) is 0.0315. The van der Waals surface area contributed by atoms with E-state index in [9.17, 15) is 23.4 Å². The van der Waals surface area contributed by atoms with E-state index in [1.54, 1.807) is 0 Å². The Morgan fingerprint density at radius 1 is 1.26 bits per heavy atom. The first-order valence-electron chi connectivity index (χ1n) is 5.47. The molecule has 0 spiro atoms. The third-order valence-electron chi connectivity index (χ3n) is 2.65. The topological polar surface area (TPSA) is 87.5 Å². The zero-order valence-electron chi connectivity index (χ0n) is 9.63. The fourth-order valence-corrected chi connectivity index (χ4v) is 1.67. The minimum atomic E-state index is -4.59. The molecule has 0 radical (unpaired) electrons. The number of hydrogen-bond acceptors (Lipinski definition) is 6. The Labute approximate surface area is 106 Å². The van der Waals surface area contributed by atoms with Crippen LogP contribution in [0.5, 0.6) is 0 Å². The molecule has 2 heterocycles. The van der Waals surface area contributed by atoms with Gasteiger partial charge in [0, 0.05) is 0 Å². The highest BCUT2D eigenvalue weighted by molar-refractivity contribution is 5.34. The number of alkyl halides is 3. The van der Waals surface area contributed by atoms with Crippen molar-refractivity contribution in [1.29, 1.82) is 0 Å². The number of ether oxygens (including phenoxy) is 1. The SMILES string of the molecule is OC1COCC(Nc2cncc(C(F)(F)F)n2)C1O. The van der Waals surface area contributed by atoms with Crippen LogP contribution >= 0.6 is 0 Å². The minimum Gasteiger partial charge on any atom is -0.388 e. The minimum absolute atomic E-state index is 0.0202. The lowest BCUT2D eigenvalue weighted by atomic mass is 10.0. The summed E-state index contributed by atoms with van der Waals surface area (Å²) in [5, 5.41) is 21.6. The number of nitrogens with zero attached hydrogens (tertiary/aromatic N) is 2. The Morgan fingerprint density at radius 2 is 2.00 bits per heavy atom. The normalized spacial score (nSPS) is 28.2. The number of anilines is 1. The van der Waals surface area contributed by atoms with Gasteiger partial charge in [-0.05, 0) is 0 Å². The standard InChI is InChI=1S/C10H12F3N3O3/c11-10(12,13)7-1-14-2-8(16-7)15-5-3-19-4-6(17)9(5)18/h1-2,5-6,9,17-18H,3-4H2,(H,15,16). The number of aromatic nitrogens is 2. The third-order valence-corrected chi connectivity index (χ3v) is 2.65. The van der Waals surface area contributed by atoms with E-state index in [2.05, 4.69) is 15.3 Å². The molecular weight excluding hydrogens is 267 g/mol.